The number of halogens is 2. The van der Waals surface area contributed by atoms with Crippen molar-refractivity contribution < 1.29 is 32.3 Å². The number of fused-ring (bicyclic) bond motifs is 12. The molecule has 4 unspecified atom stereocenters. The normalized spacial score (nSPS) is 25.1. The average Bonchev–Trinajstić information content (AvgIpc) is 1.52. The molecular weight excluding hydrogens is 1440 g/mol. The van der Waals surface area contributed by atoms with Gasteiger partial charge in [0.05, 0.1) is 0 Å². The van der Waals surface area contributed by atoms with Crippen LogP contribution in [0.5, 0.6) is 0 Å². The molecule has 91 heavy (non-hydrogen) atoms. The summed E-state index contributed by atoms with van der Waals surface area (Å²) in [5.74, 6) is 11.9. The van der Waals surface area contributed by atoms with Gasteiger partial charge in [0, 0.05) is 0 Å². The van der Waals surface area contributed by atoms with Gasteiger partial charge in [0.1, 0.15) is 0 Å². The van der Waals surface area contributed by atoms with Crippen molar-refractivity contribution in [3.8, 4) is 44.5 Å². The molecule has 0 bridgehead atoms. The molecule has 0 radical (unpaired) electrons. The summed E-state index contributed by atoms with van der Waals surface area (Å²) in [7, 11) is 23.8. The Hall–Kier alpha value is -7.62. The third kappa shape index (κ3) is 6.06. The summed E-state index contributed by atoms with van der Waals surface area (Å²) in [5.41, 5.74) is 22.7. The Morgan fingerprint density at radius 3 is 0.692 bits per heavy atom. The monoisotopic (exact) mass is 1510 g/mol. The molecule has 4 aliphatic carbocycles. The van der Waals surface area contributed by atoms with Gasteiger partial charge in [0.2, 0.25) is 0 Å². The van der Waals surface area contributed by atoms with Crippen LogP contribution in [0.15, 0.2) is 260 Å². The van der Waals surface area contributed by atoms with E-state index in [1.54, 1.807) is 0 Å². The van der Waals surface area contributed by atoms with Crippen LogP contribution >= 0.6 is 17.2 Å². The molecule has 4 atom stereocenters. The Labute approximate surface area is 544 Å². The molecule has 8 aromatic carbocycles. The molecule has 6 heterocycles. The molecule has 5 spiro atoms. The quantitative estimate of drug-likeness (QED) is 0.142. The first kappa shape index (κ1) is 56.2. The van der Waals surface area contributed by atoms with Gasteiger partial charge in [0.25, 0.3) is 0 Å². The topological polar surface area (TPSA) is 52.6 Å². The molecule has 442 valence electrons. The van der Waals surface area contributed by atoms with E-state index in [0.29, 0.717) is 0 Å². The summed E-state index contributed by atoms with van der Waals surface area (Å²) in [6.07, 6.45) is 10.1. The van der Waals surface area contributed by atoms with E-state index < -0.39 is 51.4 Å². The number of furan rings is 4. The fraction of sp³-hybridized carbons (Fsp3) is 0.122. The Kier molecular flexibility index (Phi) is 11.7. The molecule has 9 heteroatoms. The minimum absolute atomic E-state index is 0.801. The Morgan fingerprint density at radius 2 is 0.495 bits per heavy atom. The zero-order valence-electron chi connectivity index (χ0n) is 51.4. The van der Waals surface area contributed by atoms with Crippen molar-refractivity contribution in [2.75, 3.05) is 0 Å². The van der Waals surface area contributed by atoms with Crippen LogP contribution in [0.1, 0.15) is 90.6 Å². The van der Waals surface area contributed by atoms with Crippen molar-refractivity contribution in [2.24, 2.45) is 0 Å². The zero-order valence-corrected chi connectivity index (χ0v) is 61.4. The van der Waals surface area contributed by atoms with Crippen LogP contribution < -0.4 is 0 Å². The van der Waals surface area contributed by atoms with E-state index in [0.717, 1.165) is 135 Å². The van der Waals surface area contributed by atoms with Crippen LogP contribution in [0.3, 0.4) is 0 Å². The van der Waals surface area contributed by atoms with E-state index in [2.05, 4.69) is 306 Å². The minimum atomic E-state index is -8.62. The number of allylic oxidation sites excluding steroid dienone is 4. The summed E-state index contributed by atoms with van der Waals surface area (Å²) >= 11 is -16.5. The fourth-order valence-corrected chi connectivity index (χ4v) is 298. The predicted octanol–water partition coefficient (Wildman–Crippen LogP) is 21.5. The summed E-state index contributed by atoms with van der Waals surface area (Å²) in [6.45, 7) is 8.30. The van der Waals surface area contributed by atoms with Gasteiger partial charge in [-0.3, -0.25) is 0 Å². The molecule has 0 amide bonds. The summed E-state index contributed by atoms with van der Waals surface area (Å²) in [5, 5.41) is 0. The van der Waals surface area contributed by atoms with E-state index in [4.69, 9.17) is 17.7 Å². The van der Waals surface area contributed by atoms with Gasteiger partial charge in [-0.2, -0.15) is 0 Å². The maximum absolute atomic E-state index is 11.9. The first-order valence-electron chi connectivity index (χ1n) is 31.9. The van der Waals surface area contributed by atoms with Crippen LogP contribution in [-0.4, -0.2) is 28.7 Å². The Balaban J connectivity index is 1.17. The van der Waals surface area contributed by atoms with Crippen LogP contribution in [-0.2, 0) is 22.7 Å². The Bertz CT molecular complexity index is 4600. The second-order valence-corrected chi connectivity index (χ2v) is 97.1. The van der Waals surface area contributed by atoms with Crippen molar-refractivity contribution in [1.82, 2.24) is 0 Å². The fourth-order valence-electron chi connectivity index (χ4n) is 21.3. The standard InChI is InChI=1S/2C41H32GeO2.2ClH.Hf/c2*1-26-20-22-38(43-26)36-24-34-30(28-12-6-4-7-13-28)16-10-18-32(34)40(36)42(3)41-33-19-11-17-31(29-14-8-5-9-15-29)35(33)25-37(41)39-23-21-27(2)44-39;;;/h2*4-25,42H,1-3H3;2*1H;/q;;;;+2/p-2. The molecule has 4 nitrogen and oxygen atoms in total. The molecule has 4 aromatic heterocycles. The summed E-state index contributed by atoms with van der Waals surface area (Å²) in [4.78, 5) is 0. The van der Waals surface area contributed by atoms with Gasteiger partial charge in [-0.05, 0) is 0 Å². The van der Waals surface area contributed by atoms with Crippen LogP contribution in [0.4, 0.5) is 0 Å². The number of rotatable bonds is 8. The maximum atomic E-state index is 11.9. The third-order valence-electron chi connectivity index (χ3n) is 23.5. The van der Waals surface area contributed by atoms with Gasteiger partial charge in [-0.15, -0.1) is 0 Å². The second kappa shape index (κ2) is 19.0. The van der Waals surface area contributed by atoms with Crippen molar-refractivity contribution in [3.63, 3.8) is 0 Å². The number of hydrogen-bond donors (Lipinski definition) is 0. The van der Waals surface area contributed by atoms with E-state index in [1.807, 2.05) is 0 Å². The zero-order chi connectivity index (χ0) is 61.7. The SMILES string of the molecule is Cc1ccc(C2=Cc3c(-c4ccccc4)cccc3[C]23[GeH]([CH3])[C]2(C(c4ccc(C)o4)=Cc4c(-c5ccccc5)cccc42)[Hf]32([Cl])([Cl])[C]3(C(c4ccc(C)o4)=Cc4c(-c5ccccc5)cccc43)[GeH]([CH3])[C]23C(c2ccc(C)o2)=Cc2c(-c4ccccc4)cccc23)o1. The van der Waals surface area contributed by atoms with Crippen molar-refractivity contribution in [1.29, 1.82) is 0 Å². The van der Waals surface area contributed by atoms with Crippen molar-refractivity contribution >= 4 is 92.4 Å². The number of benzene rings is 8. The first-order chi connectivity index (χ1) is 44.2. The van der Waals surface area contributed by atoms with Gasteiger partial charge in [-0.25, -0.2) is 0 Å². The van der Waals surface area contributed by atoms with Gasteiger partial charge >= 0.3 is 550 Å². The second-order valence-electron chi connectivity index (χ2n) is 26.7. The molecule has 2 aliphatic heterocycles. The van der Waals surface area contributed by atoms with Crippen molar-refractivity contribution in [3.05, 3.63) is 333 Å². The van der Waals surface area contributed by atoms with E-state index in [1.165, 1.54) is 22.3 Å². The molecule has 2 saturated heterocycles. The summed E-state index contributed by atoms with van der Waals surface area (Å²) < 4.78 is 25.4. The molecule has 2 fully saturated rings. The average molecular weight is 1510 g/mol. The van der Waals surface area contributed by atoms with Gasteiger partial charge in [0.15, 0.2) is 0 Å². The number of hydrogen-bond acceptors (Lipinski definition) is 4. The van der Waals surface area contributed by atoms with Crippen LogP contribution in [0.25, 0.3) is 91.1 Å². The van der Waals surface area contributed by atoms with Gasteiger partial charge in [-0.1, -0.05) is 0 Å². The van der Waals surface area contributed by atoms with Crippen molar-refractivity contribution in [2.45, 2.75) is 47.2 Å². The van der Waals surface area contributed by atoms with E-state index >= 15 is 0 Å². The molecule has 12 aromatic rings. The molecular formula is C82H64Cl2Ge2HfO4. The molecule has 6 aliphatic rings. The number of aryl methyl sites for hydroxylation is 4. The third-order valence-corrected chi connectivity index (χ3v) is 199. The molecule has 0 saturated carbocycles. The first-order valence-corrected chi connectivity index (χ1v) is 57.7. The predicted molar refractivity (Wildman–Crippen MR) is 377 cm³/mol. The Morgan fingerprint density at radius 1 is 0.275 bits per heavy atom. The summed E-state index contributed by atoms with van der Waals surface area (Å²) in [6, 6.07) is 89.5. The van der Waals surface area contributed by atoms with Gasteiger partial charge < -0.3 is 0 Å². The van der Waals surface area contributed by atoms with E-state index in [9.17, 15) is 17.2 Å². The van der Waals surface area contributed by atoms with E-state index in [-0.39, 0.29) is 0 Å². The van der Waals surface area contributed by atoms with Crippen LogP contribution in [0, 0.1) is 27.7 Å². The van der Waals surface area contributed by atoms with Crippen LogP contribution in [0.2, 0.25) is 11.5 Å². The molecule has 18 rings (SSSR count). The molecule has 0 N–H and O–H groups in total.